The third kappa shape index (κ3) is 4.19. The normalized spacial score (nSPS) is 14.0. The van der Waals surface area contributed by atoms with Gasteiger partial charge in [-0.05, 0) is 18.2 Å². The third-order valence-corrected chi connectivity index (χ3v) is 3.85. The molecule has 2 heterocycles. The Morgan fingerprint density at radius 3 is 2.67 bits per heavy atom. The number of amides is 2. The van der Waals surface area contributed by atoms with E-state index in [0.717, 1.165) is 6.07 Å². The maximum atomic E-state index is 12.2. The number of alkyl halides is 2. The quantitative estimate of drug-likeness (QED) is 0.607. The Balaban J connectivity index is 1.53. The zero-order valence-corrected chi connectivity index (χ0v) is 13.6. The first-order chi connectivity index (χ1) is 12.8. The number of nitrogens with zero attached hydrogens (tertiary/aromatic N) is 2. The van der Waals surface area contributed by atoms with E-state index in [0.29, 0.717) is 0 Å². The predicted octanol–water partition coefficient (Wildman–Crippen LogP) is 2.50. The number of hydrogen-bond acceptors (Lipinski definition) is 6. The van der Waals surface area contributed by atoms with Gasteiger partial charge < -0.3 is 19.4 Å². The molecule has 11 heteroatoms. The first-order valence-electron chi connectivity index (χ1n) is 7.72. The second-order valence-electron chi connectivity index (χ2n) is 5.70. The minimum Gasteiger partial charge on any atom is -0.435 e. The molecule has 0 spiro atoms. The minimum absolute atomic E-state index is 0.0902. The Morgan fingerprint density at radius 1 is 1.30 bits per heavy atom. The molecule has 2 aromatic rings. The number of anilines is 1. The van der Waals surface area contributed by atoms with Crippen molar-refractivity contribution >= 4 is 23.4 Å². The number of benzene rings is 1. The molecule has 1 aromatic heterocycles. The van der Waals surface area contributed by atoms with Gasteiger partial charge in [0.25, 0.3) is 5.91 Å². The maximum Gasteiger partial charge on any atom is 0.433 e. The van der Waals surface area contributed by atoms with Gasteiger partial charge >= 0.3 is 12.5 Å². The van der Waals surface area contributed by atoms with Crippen molar-refractivity contribution in [3.8, 4) is 5.75 Å². The van der Waals surface area contributed by atoms with Crippen LogP contribution < -0.4 is 10.1 Å². The summed E-state index contributed by atoms with van der Waals surface area (Å²) in [6.45, 7) is -2.77. The molecular formula is C16H13F2N3O6. The SMILES string of the molecule is O=C(Nc1cccc(OC(F)F)c1)C1CN(C(=O)c2ccc([N+](=O)[O-])o2)C1. The van der Waals surface area contributed by atoms with E-state index in [-0.39, 0.29) is 30.3 Å². The van der Waals surface area contributed by atoms with Crippen LogP contribution in [0.5, 0.6) is 5.75 Å². The summed E-state index contributed by atoms with van der Waals surface area (Å²) in [7, 11) is 0. The molecule has 0 atom stereocenters. The number of carbonyl (C=O) groups excluding carboxylic acids is 2. The van der Waals surface area contributed by atoms with Crippen LogP contribution in [0, 0.1) is 16.0 Å². The second kappa shape index (κ2) is 7.40. The van der Waals surface area contributed by atoms with Gasteiger partial charge in [0.1, 0.15) is 10.7 Å². The summed E-state index contributed by atoms with van der Waals surface area (Å²) in [4.78, 5) is 35.4. The lowest BCUT2D eigenvalue weighted by Crippen LogP contribution is -2.54. The van der Waals surface area contributed by atoms with Gasteiger partial charge in [-0.15, -0.1) is 0 Å². The number of nitrogens with one attached hydrogen (secondary N) is 1. The molecule has 1 aliphatic heterocycles. The number of hydrogen-bond donors (Lipinski definition) is 1. The van der Waals surface area contributed by atoms with E-state index < -0.39 is 35.2 Å². The van der Waals surface area contributed by atoms with E-state index in [2.05, 4.69) is 10.1 Å². The summed E-state index contributed by atoms with van der Waals surface area (Å²) in [5, 5.41) is 13.1. The molecule has 1 N–H and O–H groups in total. The van der Waals surface area contributed by atoms with Gasteiger partial charge in [0.15, 0.2) is 5.76 Å². The van der Waals surface area contributed by atoms with E-state index in [4.69, 9.17) is 4.42 Å². The summed E-state index contributed by atoms with van der Waals surface area (Å²) in [5.74, 6) is -2.26. The number of carbonyl (C=O) groups is 2. The average molecular weight is 381 g/mol. The molecule has 3 rings (SSSR count). The van der Waals surface area contributed by atoms with Crippen LogP contribution in [-0.2, 0) is 4.79 Å². The number of rotatable bonds is 6. The summed E-state index contributed by atoms with van der Waals surface area (Å²) in [6, 6.07) is 7.82. The Morgan fingerprint density at radius 2 is 2.04 bits per heavy atom. The molecule has 0 aliphatic carbocycles. The van der Waals surface area contributed by atoms with Crippen molar-refractivity contribution in [1.29, 1.82) is 0 Å². The van der Waals surface area contributed by atoms with Crippen LogP contribution in [0.1, 0.15) is 10.6 Å². The van der Waals surface area contributed by atoms with Crippen LogP contribution in [0.2, 0.25) is 0 Å². The molecule has 1 fully saturated rings. The van der Waals surface area contributed by atoms with Crippen LogP contribution in [-0.4, -0.2) is 41.3 Å². The van der Waals surface area contributed by atoms with Gasteiger partial charge in [-0.2, -0.15) is 8.78 Å². The zero-order chi connectivity index (χ0) is 19.6. The fraction of sp³-hybridized carbons (Fsp3) is 0.250. The number of ether oxygens (including phenoxy) is 1. The van der Waals surface area contributed by atoms with Crippen molar-refractivity contribution in [3.05, 3.63) is 52.3 Å². The lowest BCUT2D eigenvalue weighted by Gasteiger charge is -2.37. The summed E-state index contributed by atoms with van der Waals surface area (Å²) < 4.78 is 33.5. The number of halogens is 2. The largest absolute Gasteiger partial charge is 0.435 e. The zero-order valence-electron chi connectivity index (χ0n) is 13.6. The first kappa shape index (κ1) is 18.3. The minimum atomic E-state index is -2.97. The monoisotopic (exact) mass is 381 g/mol. The summed E-state index contributed by atoms with van der Waals surface area (Å²) >= 11 is 0. The molecule has 0 radical (unpaired) electrons. The van der Waals surface area contributed by atoms with Crippen molar-refractivity contribution in [3.63, 3.8) is 0 Å². The first-order valence-corrected chi connectivity index (χ1v) is 7.72. The van der Waals surface area contributed by atoms with Crippen molar-refractivity contribution in [2.75, 3.05) is 18.4 Å². The van der Waals surface area contributed by atoms with Crippen molar-refractivity contribution in [1.82, 2.24) is 4.90 Å². The van der Waals surface area contributed by atoms with Gasteiger partial charge in [0.2, 0.25) is 5.91 Å². The Bertz CT molecular complexity index is 879. The van der Waals surface area contributed by atoms with Crippen LogP contribution in [0.3, 0.4) is 0 Å². The highest BCUT2D eigenvalue weighted by molar-refractivity contribution is 5.97. The van der Waals surface area contributed by atoms with Gasteiger partial charge in [0.05, 0.1) is 12.0 Å². The molecule has 1 aliphatic rings. The fourth-order valence-electron chi connectivity index (χ4n) is 2.50. The van der Waals surface area contributed by atoms with Gasteiger partial charge in [-0.25, -0.2) is 0 Å². The molecule has 0 saturated carbocycles. The Hall–Kier alpha value is -3.50. The lowest BCUT2D eigenvalue weighted by atomic mass is 9.98. The Kier molecular flexibility index (Phi) is 5.01. The summed E-state index contributed by atoms with van der Waals surface area (Å²) in [6.07, 6.45) is 0. The van der Waals surface area contributed by atoms with E-state index >= 15 is 0 Å². The fourth-order valence-corrected chi connectivity index (χ4v) is 2.50. The van der Waals surface area contributed by atoms with E-state index in [1.165, 1.54) is 35.2 Å². The number of nitro groups is 1. The van der Waals surface area contributed by atoms with Gasteiger partial charge in [0, 0.05) is 24.8 Å². The molecule has 142 valence electrons. The van der Waals surface area contributed by atoms with E-state index in [1.807, 2.05) is 0 Å². The topological polar surface area (TPSA) is 115 Å². The van der Waals surface area contributed by atoms with Crippen LogP contribution in [0.15, 0.2) is 40.8 Å². The second-order valence-corrected chi connectivity index (χ2v) is 5.70. The van der Waals surface area contributed by atoms with Crippen LogP contribution in [0.25, 0.3) is 0 Å². The van der Waals surface area contributed by atoms with E-state index in [1.54, 1.807) is 0 Å². The molecule has 1 saturated heterocycles. The standard InChI is InChI=1S/C16H13F2N3O6/c17-16(18)26-11-3-1-2-10(6-11)19-14(22)9-7-20(8-9)15(23)12-4-5-13(27-12)21(24)25/h1-6,9,16H,7-8H2,(H,19,22). The van der Waals surface area contributed by atoms with Crippen molar-refractivity contribution < 1.29 is 32.4 Å². The highest BCUT2D eigenvalue weighted by Gasteiger charge is 2.37. The van der Waals surface area contributed by atoms with Crippen molar-refractivity contribution in [2.45, 2.75) is 6.61 Å². The molecule has 2 amide bonds. The molecule has 1 aromatic carbocycles. The molecule has 0 unspecified atom stereocenters. The highest BCUT2D eigenvalue weighted by Crippen LogP contribution is 2.24. The molecule has 0 bridgehead atoms. The number of likely N-dealkylation sites (tertiary alicyclic amines) is 1. The van der Waals surface area contributed by atoms with Crippen LogP contribution >= 0.6 is 0 Å². The highest BCUT2D eigenvalue weighted by atomic mass is 19.3. The average Bonchev–Trinajstić information content (AvgIpc) is 3.03. The van der Waals surface area contributed by atoms with E-state index in [9.17, 15) is 28.5 Å². The third-order valence-electron chi connectivity index (χ3n) is 3.85. The van der Waals surface area contributed by atoms with Crippen molar-refractivity contribution in [2.24, 2.45) is 5.92 Å². The van der Waals surface area contributed by atoms with Crippen LogP contribution in [0.4, 0.5) is 20.4 Å². The van der Waals surface area contributed by atoms with Gasteiger partial charge in [-0.3, -0.25) is 19.7 Å². The molecule has 9 nitrogen and oxygen atoms in total. The lowest BCUT2D eigenvalue weighted by molar-refractivity contribution is -0.402. The Labute approximate surface area is 150 Å². The molecular weight excluding hydrogens is 368 g/mol. The van der Waals surface area contributed by atoms with Gasteiger partial charge in [-0.1, -0.05) is 6.07 Å². The predicted molar refractivity (Wildman–Crippen MR) is 86.5 cm³/mol. The smallest absolute Gasteiger partial charge is 0.433 e. The summed E-state index contributed by atoms with van der Waals surface area (Å²) in [5.41, 5.74) is 0.282. The maximum absolute atomic E-state index is 12.2. The number of furan rings is 1. The molecule has 27 heavy (non-hydrogen) atoms.